The third-order valence-electron chi connectivity index (χ3n) is 5.23. The maximum Gasteiger partial charge on any atom is 0.167 e. The first-order valence-electron chi connectivity index (χ1n) is 8.97. The minimum Gasteiger partial charge on any atom is -0.322 e. The Bertz CT molecular complexity index is 787. The van der Waals surface area contributed by atoms with E-state index in [4.69, 9.17) is 0 Å². The van der Waals surface area contributed by atoms with Crippen LogP contribution in [-0.2, 0) is 13.1 Å². The van der Waals surface area contributed by atoms with Gasteiger partial charge in [-0.1, -0.05) is 42.5 Å². The highest BCUT2D eigenvalue weighted by Gasteiger charge is 2.23. The summed E-state index contributed by atoms with van der Waals surface area (Å²) < 4.78 is 0. The van der Waals surface area contributed by atoms with E-state index < -0.39 is 0 Å². The van der Waals surface area contributed by atoms with Crippen LogP contribution in [0.3, 0.4) is 0 Å². The Labute approximate surface area is 143 Å². The van der Waals surface area contributed by atoms with Gasteiger partial charge in [0.2, 0.25) is 0 Å². The van der Waals surface area contributed by atoms with Crippen molar-refractivity contribution in [3.63, 3.8) is 0 Å². The molecule has 1 fully saturated rings. The topological polar surface area (TPSA) is 23.0 Å². The van der Waals surface area contributed by atoms with Crippen LogP contribution >= 0.6 is 0 Å². The number of aromatic amines is 1. The van der Waals surface area contributed by atoms with E-state index in [1.165, 1.54) is 48.1 Å². The monoisotopic (exact) mass is 320 g/mol. The van der Waals surface area contributed by atoms with Crippen LogP contribution in [0.5, 0.6) is 0 Å². The lowest BCUT2D eigenvalue weighted by atomic mass is 10.0. The van der Waals surface area contributed by atoms with Crippen molar-refractivity contribution < 1.29 is 14.8 Å². The standard InChI is InChI=1S/C21H23N3/c1-2-7-21-19(4-1)5-3-6-20(21)17-24-14-12-23(13-15-24)16-18-8-10-22-11-9-18/h1-11H,12-17H2/p+3. The van der Waals surface area contributed by atoms with E-state index in [9.17, 15) is 0 Å². The SMILES string of the molecule is c1ccc2c(C[NH+]3CC[NH+](Cc4cc[nH+]cc4)CC3)cccc2c1. The molecule has 3 N–H and O–H groups in total. The van der Waals surface area contributed by atoms with Gasteiger partial charge in [-0.2, -0.15) is 0 Å². The lowest BCUT2D eigenvalue weighted by Gasteiger charge is -2.30. The second-order valence-corrected chi connectivity index (χ2v) is 6.90. The molecule has 0 spiro atoms. The van der Waals surface area contributed by atoms with Crippen LogP contribution in [0.15, 0.2) is 67.0 Å². The number of pyridine rings is 1. The summed E-state index contributed by atoms with van der Waals surface area (Å²) in [5.74, 6) is 0. The first-order chi connectivity index (χ1) is 11.9. The third-order valence-corrected chi connectivity index (χ3v) is 5.23. The largest absolute Gasteiger partial charge is 0.322 e. The molecule has 0 unspecified atom stereocenters. The van der Waals surface area contributed by atoms with E-state index in [1.54, 1.807) is 9.80 Å². The third kappa shape index (κ3) is 3.48. The average molecular weight is 320 g/mol. The van der Waals surface area contributed by atoms with Gasteiger partial charge in [0.15, 0.2) is 12.4 Å². The minimum absolute atomic E-state index is 1.15. The van der Waals surface area contributed by atoms with Crippen molar-refractivity contribution in [2.24, 2.45) is 0 Å². The Morgan fingerprint density at radius 2 is 1.38 bits per heavy atom. The molecule has 1 aromatic heterocycles. The summed E-state index contributed by atoms with van der Waals surface area (Å²) in [6, 6.07) is 19.9. The number of H-pyrrole nitrogens is 1. The van der Waals surface area contributed by atoms with Crippen molar-refractivity contribution in [1.82, 2.24) is 0 Å². The summed E-state index contributed by atoms with van der Waals surface area (Å²) in [7, 11) is 0. The van der Waals surface area contributed by atoms with Crippen molar-refractivity contribution in [2.75, 3.05) is 26.2 Å². The summed E-state index contributed by atoms with van der Waals surface area (Å²) in [5.41, 5.74) is 2.92. The molecule has 2 heterocycles. The van der Waals surface area contributed by atoms with Crippen molar-refractivity contribution in [1.29, 1.82) is 0 Å². The van der Waals surface area contributed by atoms with Gasteiger partial charge in [-0.05, 0) is 10.8 Å². The molecule has 24 heavy (non-hydrogen) atoms. The molecule has 0 atom stereocenters. The molecule has 0 radical (unpaired) electrons. The number of hydrogen-bond acceptors (Lipinski definition) is 0. The first kappa shape index (κ1) is 15.3. The Morgan fingerprint density at radius 1 is 0.708 bits per heavy atom. The van der Waals surface area contributed by atoms with Crippen LogP contribution in [0.25, 0.3) is 10.8 Å². The molecule has 3 nitrogen and oxygen atoms in total. The number of quaternary nitrogens is 2. The predicted octanol–water partition coefficient (Wildman–Crippen LogP) is 0.138. The summed E-state index contributed by atoms with van der Waals surface area (Å²) in [4.78, 5) is 6.54. The van der Waals surface area contributed by atoms with E-state index in [-0.39, 0.29) is 0 Å². The highest BCUT2D eigenvalue weighted by molar-refractivity contribution is 5.85. The molecular weight excluding hydrogens is 294 g/mol. The summed E-state index contributed by atoms with van der Waals surface area (Å²) in [6.07, 6.45) is 4.05. The number of piperazine rings is 1. The lowest BCUT2D eigenvalue weighted by molar-refractivity contribution is -1.02. The second-order valence-electron chi connectivity index (χ2n) is 6.90. The first-order valence-corrected chi connectivity index (χ1v) is 8.97. The Kier molecular flexibility index (Phi) is 4.54. The fraction of sp³-hybridized carbons (Fsp3) is 0.286. The fourth-order valence-electron chi connectivity index (χ4n) is 3.85. The molecule has 2 aromatic carbocycles. The van der Waals surface area contributed by atoms with Gasteiger partial charge in [-0.3, -0.25) is 0 Å². The maximum absolute atomic E-state index is 3.11. The Morgan fingerprint density at radius 3 is 2.17 bits per heavy atom. The minimum atomic E-state index is 1.15. The molecule has 122 valence electrons. The van der Waals surface area contributed by atoms with Crippen LogP contribution in [0.4, 0.5) is 0 Å². The number of fused-ring (bicyclic) bond motifs is 1. The van der Waals surface area contributed by atoms with E-state index in [2.05, 4.69) is 59.6 Å². The zero-order valence-electron chi connectivity index (χ0n) is 14.1. The van der Waals surface area contributed by atoms with Crippen molar-refractivity contribution in [3.8, 4) is 0 Å². The summed E-state index contributed by atoms with van der Waals surface area (Å²) >= 11 is 0. The van der Waals surface area contributed by atoms with Gasteiger partial charge in [0, 0.05) is 23.3 Å². The van der Waals surface area contributed by atoms with Crippen molar-refractivity contribution >= 4 is 10.8 Å². The molecular formula is C21H26N3+3. The van der Waals surface area contributed by atoms with Gasteiger partial charge < -0.3 is 9.80 Å². The van der Waals surface area contributed by atoms with Gasteiger partial charge in [-0.25, -0.2) is 4.98 Å². The predicted molar refractivity (Wildman–Crippen MR) is 95.7 cm³/mol. The van der Waals surface area contributed by atoms with Gasteiger partial charge in [0.05, 0.1) is 0 Å². The van der Waals surface area contributed by atoms with Crippen LogP contribution in [-0.4, -0.2) is 26.2 Å². The normalized spacial score (nSPS) is 21.0. The highest BCUT2D eigenvalue weighted by atomic mass is 15.3. The molecule has 0 aliphatic carbocycles. The molecule has 1 saturated heterocycles. The summed E-state index contributed by atoms with van der Waals surface area (Å²) in [6.45, 7) is 7.34. The number of rotatable bonds is 4. The maximum atomic E-state index is 3.11. The zero-order chi connectivity index (χ0) is 16.2. The van der Waals surface area contributed by atoms with Gasteiger partial charge in [-0.15, -0.1) is 0 Å². The van der Waals surface area contributed by atoms with E-state index >= 15 is 0 Å². The van der Waals surface area contributed by atoms with Crippen LogP contribution in [0.1, 0.15) is 11.1 Å². The van der Waals surface area contributed by atoms with Crippen LogP contribution < -0.4 is 14.8 Å². The molecule has 1 aliphatic heterocycles. The molecule has 0 bridgehead atoms. The van der Waals surface area contributed by atoms with E-state index in [0.29, 0.717) is 0 Å². The quantitative estimate of drug-likeness (QED) is 0.683. The molecule has 0 amide bonds. The molecule has 4 rings (SSSR count). The number of hydrogen-bond donors (Lipinski definition) is 2. The lowest BCUT2D eigenvalue weighted by Crippen LogP contribution is -3.27. The molecule has 3 aromatic rings. The zero-order valence-corrected chi connectivity index (χ0v) is 14.1. The van der Waals surface area contributed by atoms with Gasteiger partial charge >= 0.3 is 0 Å². The highest BCUT2D eigenvalue weighted by Crippen LogP contribution is 2.17. The van der Waals surface area contributed by atoms with E-state index in [1.807, 2.05) is 12.4 Å². The van der Waals surface area contributed by atoms with Crippen molar-refractivity contribution in [3.05, 3.63) is 78.1 Å². The Balaban J connectivity index is 1.38. The van der Waals surface area contributed by atoms with Crippen LogP contribution in [0.2, 0.25) is 0 Å². The molecule has 3 heteroatoms. The van der Waals surface area contributed by atoms with E-state index in [0.717, 1.165) is 13.1 Å². The average Bonchev–Trinajstić information content (AvgIpc) is 2.65. The second kappa shape index (κ2) is 7.12. The smallest absolute Gasteiger partial charge is 0.167 e. The fourth-order valence-corrected chi connectivity index (χ4v) is 3.85. The van der Waals surface area contributed by atoms with Crippen molar-refractivity contribution in [2.45, 2.75) is 13.1 Å². The van der Waals surface area contributed by atoms with Gasteiger partial charge in [0.25, 0.3) is 0 Å². The molecule has 0 saturated carbocycles. The molecule has 1 aliphatic rings. The van der Waals surface area contributed by atoms with Gasteiger partial charge in [0.1, 0.15) is 39.3 Å². The Hall–Kier alpha value is -2.23. The number of aromatic nitrogens is 1. The number of nitrogens with one attached hydrogen (secondary N) is 3. The van der Waals surface area contributed by atoms with Crippen LogP contribution in [0, 0.1) is 0 Å². The number of benzene rings is 2. The summed E-state index contributed by atoms with van der Waals surface area (Å²) in [5, 5.41) is 2.78.